The fourth-order valence-corrected chi connectivity index (χ4v) is 4.03. The molecule has 0 bridgehead atoms. The zero-order valence-electron chi connectivity index (χ0n) is 14.7. The molecule has 3 aromatic rings. The largest absolute Gasteiger partial charge is 0.489 e. The minimum Gasteiger partial charge on any atom is -0.489 e. The van der Waals surface area contributed by atoms with E-state index in [1.165, 1.54) is 11.1 Å². The number of piperidine rings is 1. The lowest BCUT2D eigenvalue weighted by Gasteiger charge is -2.32. The number of pyridine rings is 1. The van der Waals surface area contributed by atoms with Gasteiger partial charge in [-0.25, -0.2) is 0 Å². The Hall–Kier alpha value is -2.66. The summed E-state index contributed by atoms with van der Waals surface area (Å²) in [5.41, 5.74) is 3.49. The Kier molecular flexibility index (Phi) is 3.94. The molecule has 2 aliphatic rings. The highest BCUT2D eigenvalue weighted by molar-refractivity contribution is 5.62. The van der Waals surface area contributed by atoms with Crippen LogP contribution in [-0.4, -0.2) is 45.7 Å². The summed E-state index contributed by atoms with van der Waals surface area (Å²) < 4.78 is 8.02. The average molecular weight is 346 g/mol. The van der Waals surface area contributed by atoms with E-state index in [1.54, 1.807) is 0 Å². The van der Waals surface area contributed by atoms with Crippen LogP contribution in [0.2, 0.25) is 0 Å². The highest BCUT2D eigenvalue weighted by Crippen LogP contribution is 2.29. The van der Waals surface area contributed by atoms with E-state index in [0.717, 1.165) is 49.7 Å². The van der Waals surface area contributed by atoms with Crippen molar-refractivity contribution in [1.82, 2.24) is 19.5 Å². The molecule has 5 rings (SSSR count). The molecule has 1 saturated heterocycles. The minimum atomic E-state index is 0.487. The summed E-state index contributed by atoms with van der Waals surface area (Å²) >= 11 is 0. The summed E-state index contributed by atoms with van der Waals surface area (Å²) in [6.07, 6.45) is 6.61. The van der Waals surface area contributed by atoms with Crippen molar-refractivity contribution in [1.29, 1.82) is 0 Å². The van der Waals surface area contributed by atoms with Crippen LogP contribution in [0.25, 0.3) is 11.7 Å². The Labute approximate surface area is 152 Å². The van der Waals surface area contributed by atoms with Crippen LogP contribution in [0.4, 0.5) is 0 Å². The lowest BCUT2D eigenvalue weighted by atomic mass is 9.95. The predicted octanol–water partition coefficient (Wildman–Crippen LogP) is 3.38. The summed E-state index contributed by atoms with van der Waals surface area (Å²) in [6.45, 7) is 3.87. The van der Waals surface area contributed by atoms with Gasteiger partial charge in [0.2, 0.25) is 0 Å². The predicted molar refractivity (Wildman–Crippen MR) is 101 cm³/mol. The van der Waals surface area contributed by atoms with E-state index in [4.69, 9.17) is 4.74 Å². The molecule has 2 aromatic heterocycles. The third-order valence-corrected chi connectivity index (χ3v) is 5.41. The second-order valence-electron chi connectivity index (χ2n) is 7.17. The quantitative estimate of drug-likeness (QED) is 0.729. The maximum Gasteiger partial charge on any atom is 0.160 e. The molecule has 0 saturated carbocycles. The van der Waals surface area contributed by atoms with E-state index in [-0.39, 0.29) is 0 Å². The molecule has 0 unspecified atom stereocenters. The topological polar surface area (TPSA) is 42.7 Å². The summed E-state index contributed by atoms with van der Waals surface area (Å²) in [5, 5.41) is 8.75. The molecule has 132 valence electrons. The molecule has 0 spiro atoms. The highest BCUT2D eigenvalue weighted by atomic mass is 16.5. The number of likely N-dealkylation sites (tertiary alicyclic amines) is 1. The van der Waals surface area contributed by atoms with Crippen LogP contribution in [0, 0.1) is 0 Å². The fourth-order valence-electron chi connectivity index (χ4n) is 4.03. The van der Waals surface area contributed by atoms with Gasteiger partial charge in [-0.05, 0) is 55.8 Å². The fraction of sp³-hybridized carbons (Fsp3) is 0.333. The van der Waals surface area contributed by atoms with Crippen molar-refractivity contribution < 1.29 is 4.74 Å². The molecule has 4 heterocycles. The highest BCUT2D eigenvalue weighted by Gasteiger charge is 2.25. The maximum absolute atomic E-state index is 5.89. The van der Waals surface area contributed by atoms with Crippen molar-refractivity contribution in [2.45, 2.75) is 18.8 Å². The Morgan fingerprint density at radius 2 is 1.85 bits per heavy atom. The number of ether oxygens (including phenoxy) is 1. The van der Waals surface area contributed by atoms with Gasteiger partial charge in [-0.2, -0.15) is 0 Å². The second-order valence-corrected chi connectivity index (χ2v) is 7.17. The molecule has 5 nitrogen and oxygen atoms in total. The number of aromatic nitrogens is 3. The van der Waals surface area contributed by atoms with Gasteiger partial charge in [0.25, 0.3) is 0 Å². The van der Waals surface area contributed by atoms with E-state index in [1.807, 2.05) is 30.3 Å². The van der Waals surface area contributed by atoms with Crippen molar-refractivity contribution in [3.05, 3.63) is 65.6 Å². The van der Waals surface area contributed by atoms with Gasteiger partial charge in [0.1, 0.15) is 18.2 Å². The van der Waals surface area contributed by atoms with Crippen LogP contribution in [-0.2, 0) is 0 Å². The van der Waals surface area contributed by atoms with Crippen LogP contribution in [0.15, 0.2) is 54.2 Å². The molecule has 0 atom stereocenters. The van der Waals surface area contributed by atoms with Crippen LogP contribution in [0.1, 0.15) is 30.1 Å². The lowest BCUT2D eigenvalue weighted by Crippen LogP contribution is -2.35. The van der Waals surface area contributed by atoms with Crippen LogP contribution in [0.3, 0.4) is 0 Å². The van der Waals surface area contributed by atoms with Gasteiger partial charge in [0.15, 0.2) is 5.65 Å². The number of benzene rings is 1. The molecule has 1 aromatic carbocycles. The van der Waals surface area contributed by atoms with E-state index in [9.17, 15) is 0 Å². The van der Waals surface area contributed by atoms with Crippen molar-refractivity contribution in [3.63, 3.8) is 0 Å². The van der Waals surface area contributed by atoms with Crippen LogP contribution in [0.5, 0.6) is 5.75 Å². The Morgan fingerprint density at radius 1 is 1.00 bits per heavy atom. The minimum absolute atomic E-state index is 0.487. The monoisotopic (exact) mass is 346 g/mol. The van der Waals surface area contributed by atoms with E-state index in [2.05, 4.69) is 43.9 Å². The summed E-state index contributed by atoms with van der Waals surface area (Å²) in [6, 6.07) is 14.3. The molecule has 5 heteroatoms. The Morgan fingerprint density at radius 3 is 2.77 bits per heavy atom. The van der Waals surface area contributed by atoms with Gasteiger partial charge in [-0.3, -0.25) is 9.30 Å². The van der Waals surface area contributed by atoms with Crippen molar-refractivity contribution in [2.24, 2.45) is 0 Å². The van der Waals surface area contributed by atoms with Gasteiger partial charge in [0, 0.05) is 24.2 Å². The molecule has 1 fully saturated rings. The standard InChI is InChI=1S/C21H22N4O/c1-2-6-19-18(5-1)13-16(15-26-19)14-24-11-8-17(9-12-24)21-23-22-20-7-3-4-10-25(20)21/h1-7,10,13,17H,8-9,11-12,14-15H2. The van der Waals surface area contributed by atoms with Crippen molar-refractivity contribution in [2.75, 3.05) is 26.2 Å². The molecule has 0 amide bonds. The van der Waals surface area contributed by atoms with Crippen molar-refractivity contribution in [3.8, 4) is 5.75 Å². The first-order valence-electron chi connectivity index (χ1n) is 9.30. The zero-order chi connectivity index (χ0) is 17.3. The zero-order valence-corrected chi connectivity index (χ0v) is 14.7. The molecular weight excluding hydrogens is 324 g/mol. The Bertz CT molecular complexity index is 953. The number of para-hydroxylation sites is 1. The van der Waals surface area contributed by atoms with Gasteiger partial charge >= 0.3 is 0 Å². The van der Waals surface area contributed by atoms with Crippen LogP contribution < -0.4 is 4.74 Å². The molecule has 2 aliphatic heterocycles. The Balaban J connectivity index is 1.25. The number of hydrogen-bond acceptors (Lipinski definition) is 4. The third-order valence-electron chi connectivity index (χ3n) is 5.41. The lowest BCUT2D eigenvalue weighted by molar-refractivity contribution is 0.215. The molecular formula is C21H22N4O. The SMILES string of the molecule is C1=C(CN2CCC(c3nnc4ccccn34)CC2)COc2ccccc21. The second kappa shape index (κ2) is 6.57. The summed E-state index contributed by atoms with van der Waals surface area (Å²) in [7, 11) is 0. The molecule has 0 radical (unpaired) electrons. The maximum atomic E-state index is 5.89. The van der Waals surface area contributed by atoms with Gasteiger partial charge in [-0.15, -0.1) is 10.2 Å². The molecule has 26 heavy (non-hydrogen) atoms. The van der Waals surface area contributed by atoms with Crippen LogP contribution >= 0.6 is 0 Å². The summed E-state index contributed by atoms with van der Waals surface area (Å²) in [5.74, 6) is 2.59. The first kappa shape index (κ1) is 15.6. The van der Waals surface area contributed by atoms with Crippen molar-refractivity contribution >= 4 is 11.7 Å². The number of fused-ring (bicyclic) bond motifs is 2. The third kappa shape index (κ3) is 2.88. The normalized spacial score (nSPS) is 18.4. The first-order chi connectivity index (χ1) is 12.9. The van der Waals surface area contributed by atoms with E-state index >= 15 is 0 Å². The molecule has 0 aliphatic carbocycles. The molecule has 0 N–H and O–H groups in total. The first-order valence-corrected chi connectivity index (χ1v) is 9.30. The summed E-state index contributed by atoms with van der Waals surface area (Å²) in [4.78, 5) is 2.53. The van der Waals surface area contributed by atoms with Gasteiger partial charge in [-0.1, -0.05) is 24.3 Å². The number of rotatable bonds is 3. The number of nitrogens with zero attached hydrogens (tertiary/aromatic N) is 4. The van der Waals surface area contributed by atoms with Gasteiger partial charge in [0.05, 0.1) is 0 Å². The number of hydrogen-bond donors (Lipinski definition) is 0. The smallest absolute Gasteiger partial charge is 0.160 e. The average Bonchev–Trinajstić information content (AvgIpc) is 3.13. The van der Waals surface area contributed by atoms with E-state index in [0.29, 0.717) is 12.5 Å². The van der Waals surface area contributed by atoms with Gasteiger partial charge < -0.3 is 4.74 Å². The van der Waals surface area contributed by atoms with E-state index < -0.39 is 0 Å².